The molecular weight excluding hydrogens is 232 g/mol. The third kappa shape index (κ3) is 4.54. The van der Waals surface area contributed by atoms with Crippen LogP contribution in [0.4, 0.5) is 5.69 Å². The minimum absolute atomic E-state index is 1.10. The largest absolute Gasteiger partial charge is 0.371 e. The highest BCUT2D eigenvalue weighted by Crippen LogP contribution is 2.26. The van der Waals surface area contributed by atoms with E-state index in [2.05, 4.69) is 41.4 Å². The van der Waals surface area contributed by atoms with Crippen LogP contribution in [0.15, 0.2) is 24.3 Å². The molecule has 1 aromatic rings. The van der Waals surface area contributed by atoms with Crippen molar-refractivity contribution < 1.29 is 0 Å². The van der Waals surface area contributed by atoms with Gasteiger partial charge < -0.3 is 10.2 Å². The zero-order chi connectivity index (χ0) is 13.3. The van der Waals surface area contributed by atoms with Gasteiger partial charge in [0, 0.05) is 18.8 Å². The summed E-state index contributed by atoms with van der Waals surface area (Å²) in [4.78, 5) is 2.59. The summed E-state index contributed by atoms with van der Waals surface area (Å²) in [5, 5.41) is 3.39. The molecule has 1 N–H and O–H groups in total. The zero-order valence-electron chi connectivity index (χ0n) is 12.3. The maximum atomic E-state index is 3.39. The van der Waals surface area contributed by atoms with E-state index in [9.17, 15) is 0 Å². The van der Waals surface area contributed by atoms with Gasteiger partial charge in [0.1, 0.15) is 0 Å². The summed E-state index contributed by atoms with van der Waals surface area (Å²) < 4.78 is 0. The van der Waals surface area contributed by atoms with Gasteiger partial charge in [-0.15, -0.1) is 0 Å². The predicted octanol–water partition coefficient (Wildman–Crippen LogP) is 3.61. The van der Waals surface area contributed by atoms with Crippen molar-refractivity contribution in [3.05, 3.63) is 29.8 Å². The number of para-hydroxylation sites is 1. The first-order valence-electron chi connectivity index (χ1n) is 7.95. The van der Waals surface area contributed by atoms with Gasteiger partial charge in [-0.3, -0.25) is 0 Å². The molecule has 2 heteroatoms. The fourth-order valence-corrected chi connectivity index (χ4v) is 2.93. The summed E-state index contributed by atoms with van der Waals surface area (Å²) in [6.45, 7) is 6.94. The van der Waals surface area contributed by atoms with E-state index in [4.69, 9.17) is 0 Å². The van der Waals surface area contributed by atoms with Crippen LogP contribution in [0.1, 0.15) is 44.6 Å². The lowest BCUT2D eigenvalue weighted by atomic mass is 10.0. The average Bonchev–Trinajstić information content (AvgIpc) is 2.46. The summed E-state index contributed by atoms with van der Waals surface area (Å²) in [6.07, 6.45) is 7.96. The van der Waals surface area contributed by atoms with Gasteiger partial charge in [-0.1, -0.05) is 38.0 Å². The number of rotatable bonds is 8. The predicted molar refractivity (Wildman–Crippen MR) is 84.0 cm³/mol. The molecule has 1 aliphatic heterocycles. The summed E-state index contributed by atoms with van der Waals surface area (Å²) in [5.41, 5.74) is 3.03. The Bertz CT molecular complexity index is 362. The molecule has 1 aromatic carbocycles. The van der Waals surface area contributed by atoms with Crippen LogP contribution >= 0.6 is 0 Å². The van der Waals surface area contributed by atoms with Gasteiger partial charge in [0.05, 0.1) is 0 Å². The maximum absolute atomic E-state index is 3.39. The molecule has 106 valence electrons. The van der Waals surface area contributed by atoms with Gasteiger partial charge in [0.15, 0.2) is 0 Å². The molecule has 0 unspecified atom stereocenters. The van der Waals surface area contributed by atoms with Crippen molar-refractivity contribution in [1.29, 1.82) is 0 Å². The van der Waals surface area contributed by atoms with Crippen molar-refractivity contribution in [2.24, 2.45) is 0 Å². The molecule has 19 heavy (non-hydrogen) atoms. The Labute approximate surface area is 118 Å². The van der Waals surface area contributed by atoms with Crippen molar-refractivity contribution in [2.75, 3.05) is 31.1 Å². The second-order valence-electron chi connectivity index (χ2n) is 5.49. The molecule has 0 atom stereocenters. The molecule has 0 amide bonds. The summed E-state index contributed by atoms with van der Waals surface area (Å²) in [5.74, 6) is 0. The Morgan fingerprint density at radius 3 is 2.84 bits per heavy atom. The number of fused-ring (bicyclic) bond motifs is 1. The molecular formula is C17H28N2. The molecule has 0 fully saturated rings. The smallest absolute Gasteiger partial charge is 0.0398 e. The third-order valence-electron chi connectivity index (χ3n) is 3.99. The Morgan fingerprint density at radius 1 is 1.11 bits per heavy atom. The summed E-state index contributed by atoms with van der Waals surface area (Å²) >= 11 is 0. The van der Waals surface area contributed by atoms with Crippen LogP contribution in [0.3, 0.4) is 0 Å². The highest BCUT2D eigenvalue weighted by atomic mass is 15.1. The van der Waals surface area contributed by atoms with Crippen LogP contribution in [0, 0.1) is 0 Å². The van der Waals surface area contributed by atoms with E-state index >= 15 is 0 Å². The minimum atomic E-state index is 1.10. The first-order valence-corrected chi connectivity index (χ1v) is 7.95. The number of unbranched alkanes of at least 4 members (excludes halogenated alkanes) is 3. The standard InChI is InChI=1S/C17H28N2/c1-2-18-13-7-3-4-8-14-19-15-9-11-16-10-5-6-12-17(16)19/h5-6,10,12,18H,2-4,7-9,11,13-15H2,1H3. The quantitative estimate of drug-likeness (QED) is 0.718. The first-order chi connectivity index (χ1) is 9.42. The molecule has 0 saturated heterocycles. The normalized spacial score (nSPS) is 14.5. The monoisotopic (exact) mass is 260 g/mol. The molecule has 2 nitrogen and oxygen atoms in total. The lowest BCUT2D eigenvalue weighted by Gasteiger charge is -2.31. The second kappa shape index (κ2) is 8.21. The molecule has 1 heterocycles. The molecule has 0 bridgehead atoms. The molecule has 0 aliphatic carbocycles. The Kier molecular flexibility index (Phi) is 6.22. The number of hydrogen-bond acceptors (Lipinski definition) is 2. The van der Waals surface area contributed by atoms with Crippen molar-refractivity contribution >= 4 is 5.69 Å². The molecule has 0 spiro atoms. The van der Waals surface area contributed by atoms with Crippen LogP contribution in [-0.4, -0.2) is 26.2 Å². The zero-order valence-corrected chi connectivity index (χ0v) is 12.3. The fraction of sp³-hybridized carbons (Fsp3) is 0.647. The topological polar surface area (TPSA) is 15.3 Å². The van der Waals surface area contributed by atoms with Crippen molar-refractivity contribution in [1.82, 2.24) is 5.32 Å². The fourth-order valence-electron chi connectivity index (χ4n) is 2.93. The molecule has 0 aromatic heterocycles. The number of aryl methyl sites for hydroxylation is 1. The van der Waals surface area contributed by atoms with Crippen molar-refractivity contribution in [3.8, 4) is 0 Å². The number of hydrogen-bond donors (Lipinski definition) is 1. The van der Waals surface area contributed by atoms with E-state index in [-0.39, 0.29) is 0 Å². The molecule has 0 saturated carbocycles. The number of anilines is 1. The summed E-state index contributed by atoms with van der Waals surface area (Å²) in [6, 6.07) is 8.92. The van der Waals surface area contributed by atoms with Crippen LogP contribution < -0.4 is 10.2 Å². The highest BCUT2D eigenvalue weighted by Gasteiger charge is 2.14. The first kappa shape index (κ1) is 14.4. The van der Waals surface area contributed by atoms with Crippen molar-refractivity contribution in [2.45, 2.75) is 45.4 Å². The maximum Gasteiger partial charge on any atom is 0.0398 e. The van der Waals surface area contributed by atoms with E-state index in [1.807, 2.05) is 0 Å². The second-order valence-corrected chi connectivity index (χ2v) is 5.49. The average molecular weight is 260 g/mol. The number of nitrogens with zero attached hydrogens (tertiary/aromatic N) is 1. The van der Waals surface area contributed by atoms with E-state index in [0.29, 0.717) is 0 Å². The van der Waals surface area contributed by atoms with Gasteiger partial charge in [-0.05, 0) is 50.4 Å². The van der Waals surface area contributed by atoms with Crippen molar-refractivity contribution in [3.63, 3.8) is 0 Å². The van der Waals surface area contributed by atoms with Gasteiger partial charge in [-0.2, -0.15) is 0 Å². The van der Waals surface area contributed by atoms with Crippen LogP contribution in [-0.2, 0) is 6.42 Å². The van der Waals surface area contributed by atoms with Gasteiger partial charge >= 0.3 is 0 Å². The van der Waals surface area contributed by atoms with Crippen LogP contribution in [0.2, 0.25) is 0 Å². The van der Waals surface area contributed by atoms with E-state index in [1.165, 1.54) is 63.8 Å². The van der Waals surface area contributed by atoms with Gasteiger partial charge in [0.2, 0.25) is 0 Å². The van der Waals surface area contributed by atoms with E-state index < -0.39 is 0 Å². The lowest BCUT2D eigenvalue weighted by molar-refractivity contribution is 0.583. The number of benzene rings is 1. The van der Waals surface area contributed by atoms with Crippen LogP contribution in [0.5, 0.6) is 0 Å². The van der Waals surface area contributed by atoms with E-state index in [0.717, 1.165) is 6.54 Å². The molecule has 1 aliphatic rings. The highest BCUT2D eigenvalue weighted by molar-refractivity contribution is 5.55. The van der Waals surface area contributed by atoms with Gasteiger partial charge in [-0.25, -0.2) is 0 Å². The minimum Gasteiger partial charge on any atom is -0.371 e. The Balaban J connectivity index is 1.67. The van der Waals surface area contributed by atoms with E-state index in [1.54, 1.807) is 5.56 Å². The van der Waals surface area contributed by atoms with Crippen LogP contribution in [0.25, 0.3) is 0 Å². The molecule has 2 rings (SSSR count). The number of nitrogens with one attached hydrogen (secondary N) is 1. The Morgan fingerprint density at radius 2 is 1.95 bits per heavy atom. The lowest BCUT2D eigenvalue weighted by Crippen LogP contribution is -2.30. The molecule has 0 radical (unpaired) electrons. The SMILES string of the molecule is CCNCCCCCCN1CCCc2ccccc21. The Hall–Kier alpha value is -1.02. The summed E-state index contributed by atoms with van der Waals surface area (Å²) in [7, 11) is 0. The van der Waals surface area contributed by atoms with Gasteiger partial charge in [0.25, 0.3) is 0 Å². The third-order valence-corrected chi connectivity index (χ3v) is 3.99.